The van der Waals surface area contributed by atoms with Gasteiger partial charge in [-0.05, 0) is 30.4 Å². The molecule has 1 atom stereocenters. The molecule has 0 saturated carbocycles. The average Bonchev–Trinajstić information content (AvgIpc) is 2.90. The van der Waals surface area contributed by atoms with E-state index < -0.39 is 0 Å². The SMILES string of the molecule is CCCCCCCCCCC1(C#N)CCc2ccccc21. The zero-order valence-electron chi connectivity index (χ0n) is 13.5. The number of hydrogen-bond donors (Lipinski definition) is 0. The van der Waals surface area contributed by atoms with Crippen LogP contribution in [-0.4, -0.2) is 0 Å². The third-order valence-corrected chi connectivity index (χ3v) is 5.03. The predicted molar refractivity (Wildman–Crippen MR) is 89.3 cm³/mol. The van der Waals surface area contributed by atoms with Gasteiger partial charge in [-0.2, -0.15) is 5.26 Å². The molecule has 0 amide bonds. The minimum absolute atomic E-state index is 0.182. The monoisotopic (exact) mass is 283 g/mol. The molecule has 0 fully saturated rings. The Bertz CT molecular complexity index is 471. The summed E-state index contributed by atoms with van der Waals surface area (Å²) in [6, 6.07) is 11.2. The molecule has 21 heavy (non-hydrogen) atoms. The summed E-state index contributed by atoms with van der Waals surface area (Å²) in [6.07, 6.45) is 13.9. The van der Waals surface area contributed by atoms with Gasteiger partial charge in [-0.15, -0.1) is 0 Å². The van der Waals surface area contributed by atoms with E-state index in [0.717, 1.165) is 19.3 Å². The molecular weight excluding hydrogens is 254 g/mol. The highest BCUT2D eigenvalue weighted by Crippen LogP contribution is 2.42. The Morgan fingerprint density at radius 3 is 2.38 bits per heavy atom. The van der Waals surface area contributed by atoms with Crippen LogP contribution < -0.4 is 0 Å². The van der Waals surface area contributed by atoms with E-state index >= 15 is 0 Å². The molecule has 0 heterocycles. The summed E-state index contributed by atoms with van der Waals surface area (Å²) in [7, 11) is 0. The number of benzene rings is 1. The highest BCUT2D eigenvalue weighted by atomic mass is 14.4. The van der Waals surface area contributed by atoms with E-state index in [-0.39, 0.29) is 5.41 Å². The molecule has 1 unspecified atom stereocenters. The fourth-order valence-corrected chi connectivity index (χ4v) is 3.68. The van der Waals surface area contributed by atoms with Gasteiger partial charge in [-0.25, -0.2) is 0 Å². The number of rotatable bonds is 9. The molecule has 0 N–H and O–H groups in total. The fourth-order valence-electron chi connectivity index (χ4n) is 3.68. The second-order valence-corrected chi connectivity index (χ2v) is 6.58. The minimum atomic E-state index is -0.182. The van der Waals surface area contributed by atoms with Crippen LogP contribution in [0.2, 0.25) is 0 Å². The summed E-state index contributed by atoms with van der Waals surface area (Å²) in [5.74, 6) is 0. The number of unbranched alkanes of at least 4 members (excludes halogenated alkanes) is 7. The Morgan fingerprint density at radius 1 is 1.00 bits per heavy atom. The molecule has 0 spiro atoms. The van der Waals surface area contributed by atoms with Gasteiger partial charge in [0.15, 0.2) is 0 Å². The molecule has 1 heteroatoms. The molecule has 1 aromatic rings. The number of nitriles is 1. The van der Waals surface area contributed by atoms with E-state index in [0.29, 0.717) is 0 Å². The average molecular weight is 283 g/mol. The summed E-state index contributed by atoms with van der Waals surface area (Å²) in [6.45, 7) is 2.26. The van der Waals surface area contributed by atoms with Crippen LogP contribution in [0.5, 0.6) is 0 Å². The van der Waals surface area contributed by atoms with Gasteiger partial charge >= 0.3 is 0 Å². The second kappa shape index (κ2) is 8.23. The zero-order valence-corrected chi connectivity index (χ0v) is 13.5. The van der Waals surface area contributed by atoms with Gasteiger partial charge in [0.05, 0.1) is 11.5 Å². The molecule has 0 aromatic heterocycles. The Labute approximate surface area is 130 Å². The van der Waals surface area contributed by atoms with Crippen molar-refractivity contribution in [2.45, 2.75) is 83.0 Å². The van der Waals surface area contributed by atoms with Gasteiger partial charge in [-0.3, -0.25) is 0 Å². The van der Waals surface area contributed by atoms with Crippen molar-refractivity contribution in [1.82, 2.24) is 0 Å². The Balaban J connectivity index is 1.74. The highest BCUT2D eigenvalue weighted by Gasteiger charge is 2.37. The molecule has 2 rings (SSSR count). The van der Waals surface area contributed by atoms with Crippen molar-refractivity contribution in [3.8, 4) is 6.07 Å². The minimum Gasteiger partial charge on any atom is -0.197 e. The molecule has 1 aromatic carbocycles. The summed E-state index contributed by atoms with van der Waals surface area (Å²) in [5.41, 5.74) is 2.53. The Hall–Kier alpha value is -1.29. The van der Waals surface area contributed by atoms with Crippen molar-refractivity contribution < 1.29 is 0 Å². The van der Waals surface area contributed by atoms with Crippen LogP contribution in [0.4, 0.5) is 0 Å². The van der Waals surface area contributed by atoms with Crippen LogP contribution in [0.3, 0.4) is 0 Å². The summed E-state index contributed by atoms with van der Waals surface area (Å²) in [5, 5.41) is 9.71. The van der Waals surface area contributed by atoms with Crippen molar-refractivity contribution >= 4 is 0 Å². The molecule has 1 nitrogen and oxygen atoms in total. The maximum Gasteiger partial charge on any atom is 0.0828 e. The lowest BCUT2D eigenvalue weighted by Crippen LogP contribution is -2.20. The van der Waals surface area contributed by atoms with E-state index in [1.54, 1.807) is 0 Å². The second-order valence-electron chi connectivity index (χ2n) is 6.58. The molecule has 1 aliphatic rings. The van der Waals surface area contributed by atoms with Gasteiger partial charge in [0.1, 0.15) is 0 Å². The largest absolute Gasteiger partial charge is 0.197 e. The van der Waals surface area contributed by atoms with Crippen molar-refractivity contribution in [2.75, 3.05) is 0 Å². The van der Waals surface area contributed by atoms with Crippen LogP contribution in [-0.2, 0) is 11.8 Å². The van der Waals surface area contributed by atoms with E-state index in [1.807, 2.05) is 0 Å². The van der Waals surface area contributed by atoms with Gasteiger partial charge < -0.3 is 0 Å². The van der Waals surface area contributed by atoms with Gasteiger partial charge in [0.25, 0.3) is 0 Å². The molecule has 0 radical (unpaired) electrons. The first-order valence-corrected chi connectivity index (χ1v) is 8.82. The van der Waals surface area contributed by atoms with Crippen molar-refractivity contribution in [3.05, 3.63) is 35.4 Å². The lowest BCUT2D eigenvalue weighted by atomic mass is 9.79. The van der Waals surface area contributed by atoms with Crippen LogP contribution in [0.15, 0.2) is 24.3 Å². The smallest absolute Gasteiger partial charge is 0.0828 e. The first-order chi connectivity index (χ1) is 10.3. The van der Waals surface area contributed by atoms with E-state index in [2.05, 4.69) is 37.3 Å². The molecule has 0 aliphatic heterocycles. The van der Waals surface area contributed by atoms with Gasteiger partial charge in [-0.1, -0.05) is 82.6 Å². The topological polar surface area (TPSA) is 23.8 Å². The highest BCUT2D eigenvalue weighted by molar-refractivity contribution is 5.43. The molecule has 0 bridgehead atoms. The molecular formula is C20H29N. The maximum absolute atomic E-state index is 9.71. The van der Waals surface area contributed by atoms with Crippen molar-refractivity contribution in [2.24, 2.45) is 0 Å². The van der Waals surface area contributed by atoms with Crippen LogP contribution in [0, 0.1) is 11.3 Å². The third-order valence-electron chi connectivity index (χ3n) is 5.03. The zero-order chi connectivity index (χ0) is 15.0. The molecule has 1 aliphatic carbocycles. The Morgan fingerprint density at radius 2 is 1.67 bits per heavy atom. The number of nitrogens with zero attached hydrogens (tertiary/aromatic N) is 1. The first kappa shape index (κ1) is 16.1. The van der Waals surface area contributed by atoms with Gasteiger partial charge in [0.2, 0.25) is 0 Å². The lowest BCUT2D eigenvalue weighted by Gasteiger charge is -2.22. The lowest BCUT2D eigenvalue weighted by molar-refractivity contribution is 0.458. The first-order valence-electron chi connectivity index (χ1n) is 8.82. The quantitative estimate of drug-likeness (QED) is 0.516. The maximum atomic E-state index is 9.71. The van der Waals surface area contributed by atoms with Crippen LogP contribution in [0.1, 0.15) is 82.3 Å². The fraction of sp³-hybridized carbons (Fsp3) is 0.650. The van der Waals surface area contributed by atoms with Gasteiger partial charge in [0, 0.05) is 0 Å². The standard InChI is InChI=1S/C20H29N/c1-2-3-4-5-6-7-8-11-15-20(17-21)16-14-18-12-9-10-13-19(18)20/h9-10,12-13H,2-8,11,14-16H2,1H3. The summed E-state index contributed by atoms with van der Waals surface area (Å²) in [4.78, 5) is 0. The van der Waals surface area contributed by atoms with E-state index in [9.17, 15) is 5.26 Å². The number of fused-ring (bicyclic) bond motifs is 1. The van der Waals surface area contributed by atoms with E-state index in [4.69, 9.17) is 0 Å². The number of hydrogen-bond acceptors (Lipinski definition) is 1. The third kappa shape index (κ3) is 4.10. The normalized spacial score (nSPS) is 20.2. The summed E-state index contributed by atoms with van der Waals surface area (Å²) < 4.78 is 0. The Kier molecular flexibility index (Phi) is 6.30. The van der Waals surface area contributed by atoms with Crippen LogP contribution >= 0.6 is 0 Å². The van der Waals surface area contributed by atoms with Crippen molar-refractivity contribution in [3.63, 3.8) is 0 Å². The predicted octanol–water partition coefficient (Wildman–Crippen LogP) is 5.92. The van der Waals surface area contributed by atoms with Crippen molar-refractivity contribution in [1.29, 1.82) is 5.26 Å². The summed E-state index contributed by atoms with van der Waals surface area (Å²) >= 11 is 0. The van der Waals surface area contributed by atoms with Crippen LogP contribution in [0.25, 0.3) is 0 Å². The van der Waals surface area contributed by atoms with E-state index in [1.165, 1.54) is 62.5 Å². The molecule has 114 valence electrons. The molecule has 0 saturated heterocycles. The number of aryl methyl sites for hydroxylation is 1.